The molecule has 0 aliphatic carbocycles. The predicted octanol–water partition coefficient (Wildman–Crippen LogP) is 0.622. The van der Waals surface area contributed by atoms with Crippen molar-refractivity contribution >= 4 is 0 Å². The molecule has 0 aromatic heterocycles. The zero-order valence-electron chi connectivity index (χ0n) is 8.11. The molecule has 0 bridgehead atoms. The Hall–Kier alpha value is -0.120. The molecule has 0 aromatic carbocycles. The first kappa shape index (κ1) is 9.44. The second-order valence-corrected chi connectivity index (χ2v) is 4.09. The van der Waals surface area contributed by atoms with Crippen molar-refractivity contribution < 1.29 is 9.84 Å². The normalized spacial score (nSPS) is 36.7. The number of ether oxygens (including phenoxy) is 1. The van der Waals surface area contributed by atoms with Gasteiger partial charge in [0, 0.05) is 18.7 Å². The minimum Gasteiger partial charge on any atom is -0.395 e. The van der Waals surface area contributed by atoms with Crippen LogP contribution in [0.3, 0.4) is 0 Å². The van der Waals surface area contributed by atoms with Gasteiger partial charge in [0.25, 0.3) is 0 Å². The van der Waals surface area contributed by atoms with Crippen molar-refractivity contribution in [2.45, 2.75) is 37.8 Å². The van der Waals surface area contributed by atoms with Crippen LogP contribution in [0.1, 0.15) is 25.7 Å². The van der Waals surface area contributed by atoms with Gasteiger partial charge in [-0.15, -0.1) is 0 Å². The average Bonchev–Trinajstić information content (AvgIpc) is 2.67. The lowest BCUT2D eigenvalue weighted by atomic mass is 10.1. The van der Waals surface area contributed by atoms with Gasteiger partial charge < -0.3 is 9.84 Å². The van der Waals surface area contributed by atoms with Crippen molar-refractivity contribution in [1.29, 1.82) is 0 Å². The van der Waals surface area contributed by atoms with Crippen molar-refractivity contribution in [1.82, 2.24) is 4.90 Å². The second kappa shape index (κ2) is 4.40. The molecule has 2 fully saturated rings. The van der Waals surface area contributed by atoms with Gasteiger partial charge in [0.2, 0.25) is 0 Å². The monoisotopic (exact) mass is 185 g/mol. The standard InChI is InChI=1S/C10H19NO2/c12-7-9-3-1-5-11(9)10-4-2-6-13-8-10/h9-10,12H,1-8H2/t9-,10?/m0/s1. The molecule has 3 heteroatoms. The van der Waals surface area contributed by atoms with Gasteiger partial charge in [0.05, 0.1) is 13.2 Å². The first-order valence-corrected chi connectivity index (χ1v) is 5.36. The first-order chi connectivity index (χ1) is 6.42. The summed E-state index contributed by atoms with van der Waals surface area (Å²) in [6.07, 6.45) is 4.82. The molecule has 0 spiro atoms. The largest absolute Gasteiger partial charge is 0.395 e. The van der Waals surface area contributed by atoms with E-state index >= 15 is 0 Å². The van der Waals surface area contributed by atoms with Crippen molar-refractivity contribution in [3.63, 3.8) is 0 Å². The minimum absolute atomic E-state index is 0.316. The maximum atomic E-state index is 9.18. The summed E-state index contributed by atoms with van der Waals surface area (Å²) in [5.41, 5.74) is 0. The van der Waals surface area contributed by atoms with Crippen molar-refractivity contribution in [2.24, 2.45) is 0 Å². The van der Waals surface area contributed by atoms with Gasteiger partial charge in [-0.05, 0) is 32.2 Å². The number of hydrogen-bond donors (Lipinski definition) is 1. The summed E-state index contributed by atoms with van der Waals surface area (Å²) in [5, 5.41) is 9.18. The van der Waals surface area contributed by atoms with Crippen LogP contribution in [0.15, 0.2) is 0 Å². The molecule has 2 heterocycles. The fraction of sp³-hybridized carbons (Fsp3) is 1.00. The molecule has 0 saturated carbocycles. The van der Waals surface area contributed by atoms with Crippen LogP contribution >= 0.6 is 0 Å². The smallest absolute Gasteiger partial charge is 0.0621 e. The minimum atomic E-state index is 0.316. The molecular formula is C10H19NO2. The number of aliphatic hydroxyl groups is 1. The Morgan fingerprint density at radius 2 is 2.23 bits per heavy atom. The predicted molar refractivity (Wildman–Crippen MR) is 50.7 cm³/mol. The van der Waals surface area contributed by atoms with E-state index in [0.717, 1.165) is 26.2 Å². The van der Waals surface area contributed by atoms with E-state index < -0.39 is 0 Å². The Kier molecular flexibility index (Phi) is 3.19. The van der Waals surface area contributed by atoms with E-state index in [1.54, 1.807) is 0 Å². The molecule has 1 N–H and O–H groups in total. The summed E-state index contributed by atoms with van der Waals surface area (Å²) in [6.45, 7) is 3.26. The van der Waals surface area contributed by atoms with Gasteiger partial charge in [0.1, 0.15) is 0 Å². The molecule has 76 valence electrons. The van der Waals surface area contributed by atoms with E-state index in [1.165, 1.54) is 19.3 Å². The first-order valence-electron chi connectivity index (χ1n) is 5.36. The molecule has 0 aromatic rings. The number of hydrogen-bond acceptors (Lipinski definition) is 3. The number of rotatable bonds is 2. The van der Waals surface area contributed by atoms with E-state index in [9.17, 15) is 5.11 Å². The molecule has 2 aliphatic rings. The Labute approximate surface area is 79.7 Å². The number of likely N-dealkylation sites (tertiary alicyclic amines) is 1. The molecule has 2 rings (SSSR count). The summed E-state index contributed by atoms with van der Waals surface area (Å²) >= 11 is 0. The van der Waals surface area contributed by atoms with Crippen LogP contribution in [0, 0.1) is 0 Å². The van der Waals surface area contributed by atoms with E-state index in [2.05, 4.69) is 4.90 Å². The van der Waals surface area contributed by atoms with Crippen LogP contribution < -0.4 is 0 Å². The summed E-state index contributed by atoms with van der Waals surface area (Å²) in [4.78, 5) is 2.44. The van der Waals surface area contributed by atoms with Gasteiger partial charge in [-0.25, -0.2) is 0 Å². The highest BCUT2D eigenvalue weighted by atomic mass is 16.5. The van der Waals surface area contributed by atoms with Crippen molar-refractivity contribution in [3.05, 3.63) is 0 Å². The van der Waals surface area contributed by atoms with E-state index in [1.807, 2.05) is 0 Å². The molecule has 2 atom stereocenters. The van der Waals surface area contributed by atoms with E-state index in [-0.39, 0.29) is 0 Å². The zero-order chi connectivity index (χ0) is 9.10. The molecule has 2 aliphatic heterocycles. The van der Waals surface area contributed by atoms with Gasteiger partial charge in [-0.3, -0.25) is 4.90 Å². The van der Waals surface area contributed by atoms with Crippen LogP contribution in [-0.2, 0) is 4.74 Å². The maximum Gasteiger partial charge on any atom is 0.0621 e. The van der Waals surface area contributed by atoms with Crippen LogP contribution in [0.4, 0.5) is 0 Å². The molecular weight excluding hydrogens is 166 g/mol. The lowest BCUT2D eigenvalue weighted by Gasteiger charge is -2.34. The van der Waals surface area contributed by atoms with Gasteiger partial charge in [-0.2, -0.15) is 0 Å². The summed E-state index contributed by atoms with van der Waals surface area (Å²) in [7, 11) is 0. The molecule has 1 unspecified atom stereocenters. The van der Waals surface area contributed by atoms with Gasteiger partial charge in [-0.1, -0.05) is 0 Å². The van der Waals surface area contributed by atoms with Crippen LogP contribution in [-0.4, -0.2) is 48.5 Å². The van der Waals surface area contributed by atoms with Crippen LogP contribution in [0.5, 0.6) is 0 Å². The molecule has 0 amide bonds. The summed E-state index contributed by atoms with van der Waals surface area (Å²) in [6, 6.07) is 0.986. The Morgan fingerprint density at radius 1 is 1.31 bits per heavy atom. The lowest BCUT2D eigenvalue weighted by molar-refractivity contribution is 0.00388. The number of nitrogens with zero attached hydrogens (tertiary/aromatic N) is 1. The summed E-state index contributed by atoms with van der Waals surface area (Å²) < 4.78 is 5.46. The molecule has 0 radical (unpaired) electrons. The van der Waals surface area contributed by atoms with Gasteiger partial charge in [0.15, 0.2) is 0 Å². The number of aliphatic hydroxyl groups excluding tert-OH is 1. The summed E-state index contributed by atoms with van der Waals surface area (Å²) in [5.74, 6) is 0. The van der Waals surface area contributed by atoms with Crippen LogP contribution in [0.25, 0.3) is 0 Å². The SMILES string of the molecule is OC[C@@H]1CCCN1C1CCCOC1. The quantitative estimate of drug-likeness (QED) is 0.684. The molecule has 3 nitrogen and oxygen atoms in total. The van der Waals surface area contributed by atoms with Crippen molar-refractivity contribution in [3.8, 4) is 0 Å². The topological polar surface area (TPSA) is 32.7 Å². The highest BCUT2D eigenvalue weighted by Crippen LogP contribution is 2.23. The third kappa shape index (κ3) is 2.03. The average molecular weight is 185 g/mol. The fourth-order valence-electron chi connectivity index (χ4n) is 2.52. The Bertz CT molecular complexity index is 157. The fourth-order valence-corrected chi connectivity index (χ4v) is 2.52. The Morgan fingerprint density at radius 3 is 2.92 bits per heavy atom. The third-order valence-corrected chi connectivity index (χ3v) is 3.24. The molecule has 13 heavy (non-hydrogen) atoms. The second-order valence-electron chi connectivity index (χ2n) is 4.09. The highest BCUT2D eigenvalue weighted by molar-refractivity contribution is 4.85. The lowest BCUT2D eigenvalue weighted by Crippen LogP contribution is -2.45. The van der Waals surface area contributed by atoms with Gasteiger partial charge >= 0.3 is 0 Å². The van der Waals surface area contributed by atoms with Crippen LogP contribution in [0.2, 0.25) is 0 Å². The Balaban J connectivity index is 1.90. The van der Waals surface area contributed by atoms with E-state index in [4.69, 9.17) is 4.74 Å². The highest BCUT2D eigenvalue weighted by Gasteiger charge is 2.31. The maximum absolute atomic E-state index is 9.18. The van der Waals surface area contributed by atoms with E-state index in [0.29, 0.717) is 18.7 Å². The zero-order valence-corrected chi connectivity index (χ0v) is 8.11. The van der Waals surface area contributed by atoms with Crippen molar-refractivity contribution in [2.75, 3.05) is 26.4 Å². The molecule has 2 saturated heterocycles. The third-order valence-electron chi connectivity index (χ3n) is 3.24.